The van der Waals surface area contributed by atoms with E-state index in [0.717, 1.165) is 24.9 Å². The van der Waals surface area contributed by atoms with E-state index in [4.69, 9.17) is 4.74 Å². The molecule has 0 N–H and O–H groups in total. The molecule has 1 rings (SSSR count). The van der Waals surface area contributed by atoms with Gasteiger partial charge < -0.3 is 4.74 Å². The molecule has 0 spiro atoms. The van der Waals surface area contributed by atoms with Crippen LogP contribution in [-0.2, 0) is 9.53 Å². The molecule has 0 aliphatic carbocycles. The molecule has 0 radical (unpaired) electrons. The maximum atomic E-state index is 12.2. The Morgan fingerprint density at radius 1 is 1.16 bits per heavy atom. The molecule has 1 aliphatic rings. The van der Waals surface area contributed by atoms with Crippen LogP contribution in [-0.4, -0.2) is 27.7 Å². The molecule has 1 saturated heterocycles. The largest absolute Gasteiger partial charge is 0.459 e. The maximum Gasteiger partial charge on any atom is 0.309 e. The van der Waals surface area contributed by atoms with Gasteiger partial charge >= 0.3 is 5.97 Å². The zero-order valence-corrected chi connectivity index (χ0v) is 15.9. The summed E-state index contributed by atoms with van der Waals surface area (Å²) in [6.45, 7) is 16.1. The molecular weight excluding hydrogens is 268 g/mol. The zero-order chi connectivity index (χ0) is 14.9. The molecule has 0 aromatic carbocycles. The Labute approximate surface area is 121 Å². The molecule has 1 heterocycles. The van der Waals surface area contributed by atoms with Crippen molar-refractivity contribution in [1.82, 2.24) is 0 Å². The number of hydrogen-bond donors (Lipinski definition) is 0. The minimum absolute atomic E-state index is 0.0286. The van der Waals surface area contributed by atoms with Gasteiger partial charge in [0.2, 0.25) is 0 Å². The minimum Gasteiger partial charge on any atom is -0.459 e. The topological polar surface area (TPSA) is 26.3 Å². The summed E-state index contributed by atoms with van der Waals surface area (Å²) in [6.07, 6.45) is 1.86. The van der Waals surface area contributed by atoms with Crippen molar-refractivity contribution >= 4 is 22.1 Å². The molecule has 2 nitrogen and oxygen atoms in total. The van der Waals surface area contributed by atoms with E-state index < -0.39 is 16.1 Å². The Balaban J connectivity index is 2.93. The van der Waals surface area contributed by atoms with Crippen molar-refractivity contribution in [1.29, 1.82) is 0 Å². The van der Waals surface area contributed by atoms with E-state index in [2.05, 4.69) is 40.0 Å². The van der Waals surface area contributed by atoms with Gasteiger partial charge in [-0.1, -0.05) is 52.6 Å². The van der Waals surface area contributed by atoms with Crippen LogP contribution in [0.4, 0.5) is 0 Å². The minimum atomic E-state index is -1.21. The molecule has 0 aromatic rings. The standard InChI is InChI=1S/C15H32O2Si2/c1-8-13(3)14(16)17-15(9-2)10-18(4,5)12-19(6,7)11-15/h13H,8-12H2,1-7H3. The highest BCUT2D eigenvalue weighted by Gasteiger charge is 2.50. The van der Waals surface area contributed by atoms with Gasteiger partial charge in [0.05, 0.1) is 5.92 Å². The van der Waals surface area contributed by atoms with Gasteiger partial charge in [0, 0.05) is 16.1 Å². The monoisotopic (exact) mass is 300 g/mol. The molecule has 19 heavy (non-hydrogen) atoms. The third-order valence-corrected chi connectivity index (χ3v) is 15.4. The number of ether oxygens (including phenoxy) is 1. The molecule has 0 aromatic heterocycles. The van der Waals surface area contributed by atoms with E-state index in [1.54, 1.807) is 0 Å². The van der Waals surface area contributed by atoms with Crippen molar-refractivity contribution in [3.05, 3.63) is 0 Å². The maximum absolute atomic E-state index is 12.2. The van der Waals surface area contributed by atoms with Crippen LogP contribution in [0.2, 0.25) is 43.9 Å². The lowest BCUT2D eigenvalue weighted by atomic mass is 10.0. The number of carbonyl (C=O) groups is 1. The van der Waals surface area contributed by atoms with Crippen LogP contribution in [0.15, 0.2) is 0 Å². The molecule has 0 saturated carbocycles. The zero-order valence-electron chi connectivity index (χ0n) is 13.9. The highest BCUT2D eigenvalue weighted by atomic mass is 28.4. The molecule has 0 amide bonds. The molecule has 112 valence electrons. The second kappa shape index (κ2) is 5.72. The molecule has 4 heteroatoms. The van der Waals surface area contributed by atoms with Gasteiger partial charge in [-0.3, -0.25) is 4.79 Å². The van der Waals surface area contributed by atoms with Crippen LogP contribution in [0.1, 0.15) is 33.6 Å². The summed E-state index contributed by atoms with van der Waals surface area (Å²) in [7, 11) is -2.42. The Kier molecular flexibility index (Phi) is 5.11. The second-order valence-electron chi connectivity index (χ2n) is 8.13. The van der Waals surface area contributed by atoms with Gasteiger partial charge in [-0.15, -0.1) is 0 Å². The van der Waals surface area contributed by atoms with Crippen LogP contribution < -0.4 is 0 Å². The normalized spacial score (nSPS) is 25.6. The summed E-state index contributed by atoms with van der Waals surface area (Å²) in [5.41, 5.74) is 1.34. The van der Waals surface area contributed by atoms with Gasteiger partial charge in [-0.2, -0.15) is 0 Å². The van der Waals surface area contributed by atoms with Gasteiger partial charge in [0.15, 0.2) is 0 Å². The summed E-state index contributed by atoms with van der Waals surface area (Å²) in [5, 5.41) is 0. The Hall–Kier alpha value is -0.0962. The number of carbonyl (C=O) groups excluding carboxylic acids is 1. The molecule has 1 aliphatic heterocycles. The quantitative estimate of drug-likeness (QED) is 0.556. The van der Waals surface area contributed by atoms with Crippen LogP contribution in [0, 0.1) is 5.92 Å². The second-order valence-corrected chi connectivity index (χ2v) is 18.9. The highest BCUT2D eigenvalue weighted by Crippen LogP contribution is 2.45. The molecular formula is C15H32O2Si2. The third-order valence-electron chi connectivity index (χ3n) is 4.53. The van der Waals surface area contributed by atoms with Crippen LogP contribution in [0.5, 0.6) is 0 Å². The lowest BCUT2D eigenvalue weighted by Crippen LogP contribution is -2.56. The number of rotatable bonds is 4. The van der Waals surface area contributed by atoms with E-state index >= 15 is 0 Å². The van der Waals surface area contributed by atoms with E-state index in [0.29, 0.717) is 0 Å². The van der Waals surface area contributed by atoms with Crippen molar-refractivity contribution in [2.24, 2.45) is 5.92 Å². The van der Waals surface area contributed by atoms with Crippen LogP contribution in [0.25, 0.3) is 0 Å². The van der Waals surface area contributed by atoms with Crippen LogP contribution >= 0.6 is 0 Å². The fourth-order valence-electron chi connectivity index (χ4n) is 4.10. The average molecular weight is 301 g/mol. The predicted molar refractivity (Wildman–Crippen MR) is 88.0 cm³/mol. The first-order valence-electron chi connectivity index (χ1n) is 7.78. The smallest absolute Gasteiger partial charge is 0.309 e. The first kappa shape index (κ1) is 17.0. The van der Waals surface area contributed by atoms with E-state index in [1.165, 1.54) is 5.67 Å². The first-order chi connectivity index (χ1) is 8.55. The Bertz CT molecular complexity index is 321. The average Bonchev–Trinajstić information content (AvgIpc) is 2.23. The van der Waals surface area contributed by atoms with Gasteiger partial charge in [-0.05, 0) is 24.9 Å². The Morgan fingerprint density at radius 3 is 2.00 bits per heavy atom. The lowest BCUT2D eigenvalue weighted by Gasteiger charge is -2.49. The van der Waals surface area contributed by atoms with Crippen molar-refractivity contribution in [3.8, 4) is 0 Å². The lowest BCUT2D eigenvalue weighted by molar-refractivity contribution is -0.161. The van der Waals surface area contributed by atoms with Crippen molar-refractivity contribution in [2.75, 3.05) is 0 Å². The van der Waals surface area contributed by atoms with E-state index in [-0.39, 0.29) is 17.5 Å². The van der Waals surface area contributed by atoms with Gasteiger partial charge in [0.1, 0.15) is 5.60 Å². The molecule has 1 atom stereocenters. The summed E-state index contributed by atoms with van der Waals surface area (Å²) in [6, 6.07) is 2.32. The summed E-state index contributed by atoms with van der Waals surface area (Å²) in [5.74, 6) is 0.0701. The van der Waals surface area contributed by atoms with E-state index in [9.17, 15) is 4.79 Å². The number of esters is 1. The molecule has 1 unspecified atom stereocenters. The summed E-state index contributed by atoms with van der Waals surface area (Å²) < 4.78 is 6.08. The summed E-state index contributed by atoms with van der Waals surface area (Å²) >= 11 is 0. The van der Waals surface area contributed by atoms with Crippen molar-refractivity contribution in [3.63, 3.8) is 0 Å². The third kappa shape index (κ3) is 4.45. The molecule has 0 bridgehead atoms. The van der Waals surface area contributed by atoms with Gasteiger partial charge in [0.25, 0.3) is 0 Å². The van der Waals surface area contributed by atoms with E-state index in [1.807, 2.05) is 6.92 Å². The van der Waals surface area contributed by atoms with Crippen molar-refractivity contribution < 1.29 is 9.53 Å². The predicted octanol–water partition coefficient (Wildman–Crippen LogP) is 4.69. The first-order valence-corrected chi connectivity index (χ1v) is 14.6. The SMILES string of the molecule is CCC(C)C(=O)OC1(CC)C[Si](C)(C)C[Si](C)(C)C1. The molecule has 1 fully saturated rings. The Morgan fingerprint density at radius 2 is 1.63 bits per heavy atom. The fraction of sp³-hybridized carbons (Fsp3) is 0.933. The van der Waals surface area contributed by atoms with Gasteiger partial charge in [-0.25, -0.2) is 0 Å². The fourth-order valence-corrected chi connectivity index (χ4v) is 20.1. The van der Waals surface area contributed by atoms with Crippen LogP contribution in [0.3, 0.4) is 0 Å². The summed E-state index contributed by atoms with van der Waals surface area (Å²) in [4.78, 5) is 12.2. The highest BCUT2D eigenvalue weighted by molar-refractivity contribution is 6.96. The van der Waals surface area contributed by atoms with Crippen molar-refractivity contribution in [2.45, 2.75) is 83.2 Å². The number of hydrogen-bond acceptors (Lipinski definition) is 2.